The number of nitrogens with zero attached hydrogens (tertiary/aromatic N) is 4. The van der Waals surface area contributed by atoms with Crippen LogP contribution >= 0.6 is 0 Å². The number of anilines is 1. The Labute approximate surface area is 211 Å². The number of benzene rings is 1. The van der Waals surface area contributed by atoms with Crippen molar-refractivity contribution in [3.8, 4) is 0 Å². The minimum Gasteiger partial charge on any atom is -0.317 e. The fourth-order valence-electron chi connectivity index (χ4n) is 6.48. The molecule has 5 rings (SSSR count). The fraction of sp³-hybridized carbons (Fsp3) is 0.571. The molecule has 2 saturated carbocycles. The van der Waals surface area contributed by atoms with Gasteiger partial charge in [0.15, 0.2) is 0 Å². The van der Waals surface area contributed by atoms with E-state index >= 15 is 0 Å². The van der Waals surface area contributed by atoms with Crippen LogP contribution < -0.4 is 4.90 Å². The van der Waals surface area contributed by atoms with Gasteiger partial charge in [-0.05, 0) is 82.7 Å². The Morgan fingerprint density at radius 2 is 1.75 bits per heavy atom. The van der Waals surface area contributed by atoms with Gasteiger partial charge in [0.25, 0.3) is 0 Å². The van der Waals surface area contributed by atoms with Gasteiger partial charge in [-0.15, -0.1) is 0 Å². The zero-order valence-corrected chi connectivity index (χ0v) is 21.3. The molecule has 3 fully saturated rings. The standard InChI is InChI=1S/C28H35F3N4O/c1-20-16-24(28(29,30)31)32-17-23(20)34-19-26(35(25(34)36)18-21-8-7-9-21)12-14-27(15-13-26,33(2)3)22-10-5-4-6-11-22/h4-6,10-11,16-17,21H,7-9,12-15,18-19H2,1-3H3/t26-,27+. The normalized spacial score (nSPS) is 27.2. The number of urea groups is 1. The van der Waals surface area contributed by atoms with Crippen molar-refractivity contribution >= 4 is 11.7 Å². The maximum atomic E-state index is 13.8. The lowest BCUT2D eigenvalue weighted by atomic mass is 9.68. The first-order chi connectivity index (χ1) is 17.1. The van der Waals surface area contributed by atoms with E-state index < -0.39 is 11.9 Å². The zero-order valence-electron chi connectivity index (χ0n) is 21.3. The number of amides is 2. The number of carbonyl (C=O) groups excluding carboxylic acids is 1. The van der Waals surface area contributed by atoms with Crippen molar-refractivity contribution in [1.29, 1.82) is 0 Å². The third-order valence-corrected chi connectivity index (χ3v) is 8.99. The molecule has 1 spiro atoms. The minimum absolute atomic E-state index is 0.0939. The van der Waals surface area contributed by atoms with Gasteiger partial charge in [-0.1, -0.05) is 36.8 Å². The van der Waals surface area contributed by atoms with Gasteiger partial charge in [-0.3, -0.25) is 9.80 Å². The maximum absolute atomic E-state index is 13.8. The number of aryl methyl sites for hydroxylation is 1. The van der Waals surface area contributed by atoms with Crippen LogP contribution in [0.4, 0.5) is 23.7 Å². The van der Waals surface area contributed by atoms with Gasteiger partial charge in [0.2, 0.25) is 0 Å². The van der Waals surface area contributed by atoms with E-state index in [0.29, 0.717) is 23.7 Å². The van der Waals surface area contributed by atoms with Crippen molar-refractivity contribution in [1.82, 2.24) is 14.8 Å². The summed E-state index contributed by atoms with van der Waals surface area (Å²) in [7, 11) is 4.25. The molecule has 1 aliphatic heterocycles. The van der Waals surface area contributed by atoms with Gasteiger partial charge in [0, 0.05) is 12.1 Å². The van der Waals surface area contributed by atoms with E-state index in [1.54, 1.807) is 11.8 Å². The average molecular weight is 501 g/mol. The molecule has 36 heavy (non-hydrogen) atoms. The average Bonchev–Trinajstić information content (AvgIpc) is 3.07. The molecule has 3 aliphatic rings. The summed E-state index contributed by atoms with van der Waals surface area (Å²) in [6.45, 7) is 2.85. The minimum atomic E-state index is -4.51. The summed E-state index contributed by atoms with van der Waals surface area (Å²) in [5.74, 6) is 0.507. The summed E-state index contributed by atoms with van der Waals surface area (Å²) in [6.07, 6.45) is 3.71. The Balaban J connectivity index is 1.46. The molecular weight excluding hydrogens is 465 g/mol. The highest BCUT2D eigenvalue weighted by atomic mass is 19.4. The summed E-state index contributed by atoms with van der Waals surface area (Å²) >= 11 is 0. The van der Waals surface area contributed by atoms with Crippen LogP contribution in [0.2, 0.25) is 0 Å². The number of hydrogen-bond donors (Lipinski definition) is 0. The quantitative estimate of drug-likeness (QED) is 0.489. The van der Waals surface area contributed by atoms with Gasteiger partial charge in [-0.2, -0.15) is 13.2 Å². The second-order valence-electron chi connectivity index (χ2n) is 11.1. The van der Waals surface area contributed by atoms with Gasteiger partial charge >= 0.3 is 12.2 Å². The molecule has 0 N–H and O–H groups in total. The molecule has 0 radical (unpaired) electrons. The molecule has 5 nitrogen and oxygen atoms in total. The Morgan fingerprint density at radius 3 is 2.28 bits per heavy atom. The van der Waals surface area contributed by atoms with Crippen LogP contribution in [-0.2, 0) is 11.7 Å². The van der Waals surface area contributed by atoms with Gasteiger partial charge < -0.3 is 4.90 Å². The molecule has 2 aliphatic carbocycles. The van der Waals surface area contributed by atoms with Crippen LogP contribution in [0.15, 0.2) is 42.6 Å². The van der Waals surface area contributed by atoms with E-state index in [9.17, 15) is 18.0 Å². The van der Waals surface area contributed by atoms with Crippen LogP contribution in [-0.4, -0.2) is 53.5 Å². The summed E-state index contributed by atoms with van der Waals surface area (Å²) < 4.78 is 39.6. The highest BCUT2D eigenvalue weighted by Crippen LogP contribution is 2.50. The van der Waals surface area contributed by atoms with E-state index in [0.717, 1.165) is 51.1 Å². The fourth-order valence-corrected chi connectivity index (χ4v) is 6.48. The number of hydrogen-bond acceptors (Lipinski definition) is 3. The molecule has 194 valence electrons. The zero-order chi connectivity index (χ0) is 25.7. The smallest absolute Gasteiger partial charge is 0.317 e. The third-order valence-electron chi connectivity index (χ3n) is 8.99. The van der Waals surface area contributed by atoms with Crippen LogP contribution in [0.25, 0.3) is 0 Å². The van der Waals surface area contributed by atoms with Crippen molar-refractivity contribution in [3.63, 3.8) is 0 Å². The Kier molecular flexibility index (Phi) is 6.30. The summed E-state index contributed by atoms with van der Waals surface area (Å²) in [5, 5.41) is 0. The molecule has 0 unspecified atom stereocenters. The molecule has 2 aromatic rings. The lowest BCUT2D eigenvalue weighted by Gasteiger charge is -2.51. The molecule has 1 aromatic carbocycles. The third kappa shape index (κ3) is 4.17. The Morgan fingerprint density at radius 1 is 1.08 bits per heavy atom. The highest BCUT2D eigenvalue weighted by Gasteiger charge is 2.55. The number of halogens is 3. The topological polar surface area (TPSA) is 39.7 Å². The molecule has 2 heterocycles. The Bertz CT molecular complexity index is 1110. The Hall–Kier alpha value is -2.61. The lowest BCUT2D eigenvalue weighted by Crippen LogP contribution is -2.56. The first-order valence-corrected chi connectivity index (χ1v) is 12.9. The van der Waals surface area contributed by atoms with Crippen molar-refractivity contribution in [2.45, 2.75) is 69.1 Å². The summed E-state index contributed by atoms with van der Waals surface area (Å²) in [4.78, 5) is 23.6. The van der Waals surface area contributed by atoms with E-state index in [4.69, 9.17) is 0 Å². The SMILES string of the molecule is Cc1cc(C(F)(F)F)ncc1N1C[C@]2(CC[C@](c3ccccc3)(N(C)C)CC2)N(CC2CCC2)C1=O. The van der Waals surface area contributed by atoms with Crippen molar-refractivity contribution in [2.24, 2.45) is 5.92 Å². The molecule has 8 heteroatoms. The van der Waals surface area contributed by atoms with E-state index in [1.807, 2.05) is 6.07 Å². The van der Waals surface area contributed by atoms with Crippen LogP contribution in [0, 0.1) is 12.8 Å². The number of carbonyl (C=O) groups is 1. The van der Waals surface area contributed by atoms with Crippen molar-refractivity contribution in [2.75, 3.05) is 32.1 Å². The van der Waals surface area contributed by atoms with Gasteiger partial charge in [0.1, 0.15) is 5.69 Å². The van der Waals surface area contributed by atoms with Gasteiger partial charge in [-0.25, -0.2) is 9.78 Å². The predicted molar refractivity (Wildman–Crippen MR) is 134 cm³/mol. The molecule has 1 aromatic heterocycles. The summed E-state index contributed by atoms with van der Waals surface area (Å²) in [5.41, 5.74) is 0.852. The largest absolute Gasteiger partial charge is 0.433 e. The number of pyridine rings is 1. The number of alkyl halides is 3. The van der Waals surface area contributed by atoms with Gasteiger partial charge in [0.05, 0.1) is 24.0 Å². The van der Waals surface area contributed by atoms with Crippen molar-refractivity contribution in [3.05, 3.63) is 59.4 Å². The molecule has 1 saturated heterocycles. The summed E-state index contributed by atoms with van der Waals surface area (Å²) in [6, 6.07) is 11.5. The maximum Gasteiger partial charge on any atom is 0.433 e. The van der Waals surface area contributed by atoms with Crippen LogP contribution in [0.1, 0.15) is 61.8 Å². The van der Waals surface area contributed by atoms with E-state index in [2.05, 4.69) is 53.1 Å². The number of aromatic nitrogens is 1. The first kappa shape index (κ1) is 25.1. The van der Waals surface area contributed by atoms with E-state index in [-0.39, 0.29) is 17.1 Å². The number of rotatable bonds is 5. The van der Waals surface area contributed by atoms with Crippen molar-refractivity contribution < 1.29 is 18.0 Å². The molecular formula is C28H35F3N4O. The first-order valence-electron chi connectivity index (χ1n) is 12.9. The molecule has 2 amide bonds. The van der Waals surface area contributed by atoms with Crippen LogP contribution in [0.3, 0.4) is 0 Å². The molecule has 0 atom stereocenters. The monoisotopic (exact) mass is 500 g/mol. The van der Waals surface area contributed by atoms with Crippen LogP contribution in [0.5, 0.6) is 0 Å². The molecule has 0 bridgehead atoms. The van der Waals surface area contributed by atoms with E-state index in [1.165, 1.54) is 18.2 Å². The lowest BCUT2D eigenvalue weighted by molar-refractivity contribution is -0.141. The highest BCUT2D eigenvalue weighted by molar-refractivity contribution is 5.96. The predicted octanol–water partition coefficient (Wildman–Crippen LogP) is 6.22. The second-order valence-corrected chi connectivity index (χ2v) is 11.1. The second kappa shape index (κ2) is 9.05.